The van der Waals surface area contributed by atoms with E-state index >= 15 is 0 Å². The van der Waals surface area contributed by atoms with Gasteiger partial charge in [-0.05, 0) is 43.4 Å². The van der Waals surface area contributed by atoms with Crippen molar-refractivity contribution in [2.75, 3.05) is 12.4 Å². The van der Waals surface area contributed by atoms with Gasteiger partial charge in [-0.15, -0.1) is 0 Å². The number of fused-ring (bicyclic) bond motifs is 2. The first-order valence-electron chi connectivity index (χ1n) is 10.7. The van der Waals surface area contributed by atoms with Crippen LogP contribution in [-0.2, 0) is 4.79 Å². The Morgan fingerprint density at radius 2 is 1.94 bits per heavy atom. The molecule has 0 radical (unpaired) electrons. The van der Waals surface area contributed by atoms with Crippen molar-refractivity contribution in [1.82, 2.24) is 19.5 Å². The molecule has 8 heteroatoms. The second-order valence-corrected chi connectivity index (χ2v) is 8.20. The molecular weight excluding hydrogens is 394 g/mol. The smallest absolute Gasteiger partial charge is 0.258 e. The molecule has 1 saturated carbocycles. The van der Waals surface area contributed by atoms with Crippen LogP contribution in [0.1, 0.15) is 42.5 Å². The maximum absolute atomic E-state index is 13.7. The van der Waals surface area contributed by atoms with E-state index in [-0.39, 0.29) is 17.9 Å². The van der Waals surface area contributed by atoms with E-state index in [0.717, 1.165) is 25.7 Å². The van der Waals surface area contributed by atoms with Crippen molar-refractivity contribution in [2.24, 2.45) is 5.92 Å². The maximum atomic E-state index is 13.7. The van der Waals surface area contributed by atoms with Gasteiger partial charge in [0.15, 0.2) is 5.65 Å². The number of hydrogen-bond donors (Lipinski definition) is 1. The highest BCUT2D eigenvalue weighted by Gasteiger charge is 2.48. The minimum Gasteiger partial charge on any atom is -0.496 e. The van der Waals surface area contributed by atoms with Crippen molar-refractivity contribution in [3.05, 3.63) is 54.4 Å². The molecule has 1 saturated heterocycles. The lowest BCUT2D eigenvalue weighted by atomic mass is 9.84. The molecule has 3 unspecified atom stereocenters. The molecule has 2 aromatic heterocycles. The number of hydrogen-bond acceptors (Lipinski definition) is 5. The van der Waals surface area contributed by atoms with Crippen LogP contribution < -0.4 is 10.1 Å². The van der Waals surface area contributed by atoms with E-state index in [0.29, 0.717) is 35.1 Å². The summed E-state index contributed by atoms with van der Waals surface area (Å²) in [5.74, 6) is 1.06. The Bertz CT molecular complexity index is 1130. The summed E-state index contributed by atoms with van der Waals surface area (Å²) in [4.78, 5) is 33.1. The number of likely N-dealkylation sites (tertiary alicyclic amines) is 1. The lowest BCUT2D eigenvalue weighted by Gasteiger charge is -2.34. The van der Waals surface area contributed by atoms with E-state index in [1.54, 1.807) is 53.2 Å². The van der Waals surface area contributed by atoms with Gasteiger partial charge in [-0.1, -0.05) is 25.0 Å². The van der Waals surface area contributed by atoms with Gasteiger partial charge in [-0.3, -0.25) is 9.59 Å². The zero-order valence-electron chi connectivity index (χ0n) is 17.4. The number of nitrogens with zero attached hydrogens (tertiary/aromatic N) is 4. The summed E-state index contributed by atoms with van der Waals surface area (Å²) in [6.07, 6.45) is 8.13. The number of benzene rings is 1. The minimum atomic E-state index is -0.538. The number of carbonyl (C=O) groups is 2. The number of carbonyl (C=O) groups excluding carboxylic acids is 2. The van der Waals surface area contributed by atoms with Gasteiger partial charge in [0.2, 0.25) is 5.91 Å². The average Bonchev–Trinajstić information content (AvgIpc) is 3.44. The van der Waals surface area contributed by atoms with E-state index in [4.69, 9.17) is 4.74 Å². The molecule has 160 valence electrons. The molecule has 3 atom stereocenters. The maximum Gasteiger partial charge on any atom is 0.258 e. The summed E-state index contributed by atoms with van der Waals surface area (Å²) in [5, 5.41) is 7.22. The van der Waals surface area contributed by atoms with E-state index in [9.17, 15) is 9.59 Å². The monoisotopic (exact) mass is 419 g/mol. The molecule has 5 rings (SSSR count). The third kappa shape index (κ3) is 3.41. The molecule has 0 spiro atoms. The molecule has 1 aromatic carbocycles. The van der Waals surface area contributed by atoms with Gasteiger partial charge >= 0.3 is 0 Å². The molecule has 0 bridgehead atoms. The number of aromatic nitrogens is 3. The quantitative estimate of drug-likeness (QED) is 0.702. The average molecular weight is 419 g/mol. The van der Waals surface area contributed by atoms with Crippen molar-refractivity contribution in [2.45, 2.75) is 44.2 Å². The fraction of sp³-hybridized carbons (Fsp3) is 0.391. The topological polar surface area (TPSA) is 88.8 Å². The number of amides is 2. The van der Waals surface area contributed by atoms with Crippen LogP contribution >= 0.6 is 0 Å². The highest BCUT2D eigenvalue weighted by atomic mass is 16.5. The molecule has 1 N–H and O–H groups in total. The first-order valence-corrected chi connectivity index (χ1v) is 10.7. The number of nitrogens with one attached hydrogen (secondary N) is 1. The van der Waals surface area contributed by atoms with E-state index in [1.165, 1.54) is 0 Å². The van der Waals surface area contributed by atoms with Crippen molar-refractivity contribution < 1.29 is 14.3 Å². The van der Waals surface area contributed by atoms with Gasteiger partial charge in [0, 0.05) is 18.3 Å². The van der Waals surface area contributed by atoms with Crippen LogP contribution in [0.4, 0.5) is 5.82 Å². The van der Waals surface area contributed by atoms with Crippen LogP contribution in [0, 0.1) is 5.92 Å². The predicted octanol–water partition coefficient (Wildman–Crippen LogP) is 3.15. The van der Waals surface area contributed by atoms with Gasteiger partial charge in [-0.2, -0.15) is 9.61 Å². The SMILES string of the molecule is COc1ccccc1C(=O)N1C(C(=O)Nc2ccnc3ccnn23)CC2CCCCC21. The summed E-state index contributed by atoms with van der Waals surface area (Å²) in [5.41, 5.74) is 1.15. The van der Waals surface area contributed by atoms with Crippen molar-refractivity contribution in [1.29, 1.82) is 0 Å². The van der Waals surface area contributed by atoms with E-state index < -0.39 is 6.04 Å². The van der Waals surface area contributed by atoms with Gasteiger partial charge in [0.05, 0.1) is 18.9 Å². The molecule has 1 aliphatic heterocycles. The van der Waals surface area contributed by atoms with Gasteiger partial charge < -0.3 is 15.0 Å². The summed E-state index contributed by atoms with van der Waals surface area (Å²) >= 11 is 0. The van der Waals surface area contributed by atoms with Crippen molar-refractivity contribution in [3.8, 4) is 5.75 Å². The fourth-order valence-corrected chi connectivity index (χ4v) is 5.09. The summed E-state index contributed by atoms with van der Waals surface area (Å²) in [6.45, 7) is 0. The Labute approximate surface area is 180 Å². The van der Waals surface area contributed by atoms with Crippen LogP contribution in [0.3, 0.4) is 0 Å². The predicted molar refractivity (Wildman–Crippen MR) is 115 cm³/mol. The second kappa shape index (κ2) is 8.02. The lowest BCUT2D eigenvalue weighted by Crippen LogP contribution is -2.48. The molecule has 2 fully saturated rings. The minimum absolute atomic E-state index is 0.0732. The molecule has 31 heavy (non-hydrogen) atoms. The normalized spacial score (nSPS) is 22.9. The highest BCUT2D eigenvalue weighted by Crippen LogP contribution is 2.41. The number of rotatable bonds is 4. The molecule has 2 aliphatic rings. The molecule has 3 heterocycles. The molecule has 2 amide bonds. The summed E-state index contributed by atoms with van der Waals surface area (Å²) in [7, 11) is 1.56. The molecular formula is C23H25N5O3. The third-order valence-corrected chi connectivity index (χ3v) is 6.50. The number of anilines is 1. The Morgan fingerprint density at radius 1 is 1.10 bits per heavy atom. The summed E-state index contributed by atoms with van der Waals surface area (Å²) in [6, 6.07) is 10.2. The zero-order valence-corrected chi connectivity index (χ0v) is 17.4. The first kappa shape index (κ1) is 19.5. The van der Waals surface area contributed by atoms with E-state index in [1.807, 2.05) is 12.1 Å². The number of para-hydroxylation sites is 1. The largest absolute Gasteiger partial charge is 0.496 e. The molecule has 1 aliphatic carbocycles. The Morgan fingerprint density at radius 3 is 2.81 bits per heavy atom. The highest BCUT2D eigenvalue weighted by molar-refractivity contribution is 6.03. The van der Waals surface area contributed by atoms with Crippen LogP contribution in [0.25, 0.3) is 5.65 Å². The van der Waals surface area contributed by atoms with Crippen LogP contribution in [0.2, 0.25) is 0 Å². The fourth-order valence-electron chi connectivity index (χ4n) is 5.09. The third-order valence-electron chi connectivity index (χ3n) is 6.50. The van der Waals surface area contributed by atoms with Gasteiger partial charge in [0.1, 0.15) is 17.6 Å². The van der Waals surface area contributed by atoms with Crippen molar-refractivity contribution in [3.63, 3.8) is 0 Å². The Kier molecular flexibility index (Phi) is 5.05. The number of methoxy groups -OCH3 is 1. The Hall–Kier alpha value is -3.42. The summed E-state index contributed by atoms with van der Waals surface area (Å²) < 4.78 is 7.02. The van der Waals surface area contributed by atoms with Crippen LogP contribution in [0.5, 0.6) is 5.75 Å². The van der Waals surface area contributed by atoms with Gasteiger partial charge in [-0.25, -0.2) is 4.98 Å². The van der Waals surface area contributed by atoms with Crippen LogP contribution in [-0.4, -0.2) is 50.5 Å². The number of ether oxygens (including phenoxy) is 1. The van der Waals surface area contributed by atoms with E-state index in [2.05, 4.69) is 15.4 Å². The standard InChI is InChI=1S/C23H25N5O3/c1-31-19-9-5-3-7-16(19)23(30)27-17-8-4-2-6-15(17)14-18(27)22(29)26-21-10-12-24-20-11-13-25-28(20)21/h3,5,7,9-13,15,17-18H,2,4,6,8,14H2,1H3,(H,26,29). The lowest BCUT2D eigenvalue weighted by molar-refractivity contribution is -0.120. The Balaban J connectivity index is 1.47. The molecule has 3 aromatic rings. The van der Waals surface area contributed by atoms with Crippen molar-refractivity contribution >= 4 is 23.3 Å². The first-order chi connectivity index (χ1) is 15.2. The van der Waals surface area contributed by atoms with Gasteiger partial charge in [0.25, 0.3) is 5.91 Å². The second-order valence-electron chi connectivity index (χ2n) is 8.20. The van der Waals surface area contributed by atoms with Crippen LogP contribution in [0.15, 0.2) is 48.8 Å². The zero-order chi connectivity index (χ0) is 21.4. The molecule has 8 nitrogen and oxygen atoms in total.